The minimum absolute atomic E-state index is 0.453. The lowest BCUT2D eigenvalue weighted by Crippen LogP contribution is -2.50. The van der Waals surface area contributed by atoms with Crippen LogP contribution >= 0.6 is 0 Å². The molecule has 2 N–H and O–H groups in total. The molecule has 5 nitrogen and oxygen atoms in total. The molecular formula is C14H24N4O. The summed E-state index contributed by atoms with van der Waals surface area (Å²) in [6.07, 6.45) is 0.955. The summed E-state index contributed by atoms with van der Waals surface area (Å²) in [5.41, 5.74) is 6.51. The van der Waals surface area contributed by atoms with Crippen LogP contribution in [0.4, 0.5) is 11.5 Å². The Morgan fingerprint density at radius 2 is 2.21 bits per heavy atom. The summed E-state index contributed by atoms with van der Waals surface area (Å²) in [6, 6.07) is 4.32. The first-order chi connectivity index (χ1) is 9.11. The Labute approximate surface area is 115 Å². The van der Waals surface area contributed by atoms with Gasteiger partial charge in [0, 0.05) is 25.7 Å². The zero-order chi connectivity index (χ0) is 13.8. The van der Waals surface area contributed by atoms with Gasteiger partial charge in [0.15, 0.2) is 0 Å². The van der Waals surface area contributed by atoms with Crippen molar-refractivity contribution in [2.24, 2.45) is 0 Å². The molecule has 1 aliphatic heterocycles. The highest BCUT2D eigenvalue weighted by atomic mass is 16.5. The van der Waals surface area contributed by atoms with E-state index in [0.717, 1.165) is 31.9 Å². The van der Waals surface area contributed by atoms with Crippen LogP contribution in [0.1, 0.15) is 20.3 Å². The molecule has 0 aliphatic carbocycles. The fourth-order valence-corrected chi connectivity index (χ4v) is 2.40. The van der Waals surface area contributed by atoms with Crippen LogP contribution < -0.4 is 15.4 Å². The SMILES string of the molecule is CCCOc1nc(N2CCN(C)CC2C)ccc1N. The molecule has 1 unspecified atom stereocenters. The Hall–Kier alpha value is -1.49. The number of nitrogens with two attached hydrogens (primary N) is 1. The highest BCUT2D eigenvalue weighted by Crippen LogP contribution is 2.25. The van der Waals surface area contributed by atoms with Crippen molar-refractivity contribution in [1.82, 2.24) is 9.88 Å². The maximum atomic E-state index is 5.90. The molecular weight excluding hydrogens is 240 g/mol. The van der Waals surface area contributed by atoms with Gasteiger partial charge < -0.3 is 20.3 Å². The summed E-state index contributed by atoms with van der Waals surface area (Å²) in [7, 11) is 2.15. The highest BCUT2D eigenvalue weighted by Gasteiger charge is 2.23. The number of anilines is 2. The van der Waals surface area contributed by atoms with Gasteiger partial charge in [-0.3, -0.25) is 0 Å². The number of piperazine rings is 1. The number of ether oxygens (including phenoxy) is 1. The number of hydrogen-bond donors (Lipinski definition) is 1. The summed E-state index contributed by atoms with van der Waals surface area (Å²) in [5, 5.41) is 0. The summed E-state index contributed by atoms with van der Waals surface area (Å²) in [5.74, 6) is 1.52. The molecule has 0 aromatic carbocycles. The van der Waals surface area contributed by atoms with Gasteiger partial charge in [-0.1, -0.05) is 6.92 Å². The maximum absolute atomic E-state index is 5.90. The minimum Gasteiger partial charge on any atom is -0.476 e. The van der Waals surface area contributed by atoms with Crippen molar-refractivity contribution in [3.63, 3.8) is 0 Å². The topological polar surface area (TPSA) is 54.6 Å². The lowest BCUT2D eigenvalue weighted by molar-refractivity contribution is 0.273. The first kappa shape index (κ1) is 13.9. The standard InChI is InChI=1S/C14H24N4O/c1-4-9-19-14-12(15)5-6-13(16-14)18-8-7-17(3)10-11(18)2/h5-6,11H,4,7-10,15H2,1-3H3. The van der Waals surface area contributed by atoms with E-state index >= 15 is 0 Å². The Bertz CT molecular complexity index is 424. The van der Waals surface area contributed by atoms with Crippen molar-refractivity contribution >= 4 is 11.5 Å². The van der Waals surface area contributed by atoms with Gasteiger partial charge in [0.1, 0.15) is 5.82 Å². The van der Waals surface area contributed by atoms with E-state index < -0.39 is 0 Å². The average Bonchev–Trinajstić information content (AvgIpc) is 2.38. The van der Waals surface area contributed by atoms with Crippen LogP contribution in [0.5, 0.6) is 5.88 Å². The second-order valence-corrected chi connectivity index (χ2v) is 5.22. The van der Waals surface area contributed by atoms with Crippen LogP contribution in [0.2, 0.25) is 0 Å². The number of hydrogen-bond acceptors (Lipinski definition) is 5. The van der Waals surface area contributed by atoms with E-state index in [-0.39, 0.29) is 0 Å². The number of aromatic nitrogens is 1. The molecule has 0 radical (unpaired) electrons. The third-order valence-electron chi connectivity index (χ3n) is 3.44. The Morgan fingerprint density at radius 3 is 2.89 bits per heavy atom. The zero-order valence-corrected chi connectivity index (χ0v) is 12.1. The van der Waals surface area contributed by atoms with Gasteiger partial charge in [0.25, 0.3) is 0 Å². The van der Waals surface area contributed by atoms with Crippen LogP contribution in [0.15, 0.2) is 12.1 Å². The van der Waals surface area contributed by atoms with Gasteiger partial charge in [0.2, 0.25) is 5.88 Å². The molecule has 1 fully saturated rings. The van der Waals surface area contributed by atoms with Crippen molar-refractivity contribution in [2.45, 2.75) is 26.3 Å². The predicted molar refractivity (Wildman–Crippen MR) is 78.7 cm³/mol. The van der Waals surface area contributed by atoms with E-state index in [4.69, 9.17) is 10.5 Å². The molecule has 5 heteroatoms. The van der Waals surface area contributed by atoms with Crippen LogP contribution in [0, 0.1) is 0 Å². The molecule has 1 saturated heterocycles. The first-order valence-corrected chi connectivity index (χ1v) is 6.96. The van der Waals surface area contributed by atoms with Crippen molar-refractivity contribution in [3.8, 4) is 5.88 Å². The minimum atomic E-state index is 0.453. The molecule has 1 aromatic rings. The van der Waals surface area contributed by atoms with E-state index in [1.54, 1.807) is 0 Å². The maximum Gasteiger partial charge on any atom is 0.239 e. The van der Waals surface area contributed by atoms with Crippen molar-refractivity contribution < 1.29 is 4.74 Å². The first-order valence-electron chi connectivity index (χ1n) is 6.96. The van der Waals surface area contributed by atoms with Crippen LogP contribution in [-0.4, -0.2) is 49.2 Å². The molecule has 0 spiro atoms. The number of rotatable bonds is 4. The molecule has 1 aromatic heterocycles. The summed E-state index contributed by atoms with van der Waals surface area (Å²) in [4.78, 5) is 9.23. The molecule has 19 heavy (non-hydrogen) atoms. The van der Waals surface area contributed by atoms with Crippen LogP contribution in [0.25, 0.3) is 0 Å². The van der Waals surface area contributed by atoms with Crippen molar-refractivity contribution in [2.75, 3.05) is 43.9 Å². The Balaban J connectivity index is 2.15. The number of nitrogens with zero attached hydrogens (tertiary/aromatic N) is 3. The fraction of sp³-hybridized carbons (Fsp3) is 0.643. The summed E-state index contributed by atoms with van der Waals surface area (Å²) >= 11 is 0. The fourth-order valence-electron chi connectivity index (χ4n) is 2.40. The molecule has 0 saturated carbocycles. The Morgan fingerprint density at radius 1 is 1.42 bits per heavy atom. The average molecular weight is 264 g/mol. The summed E-state index contributed by atoms with van der Waals surface area (Å²) < 4.78 is 5.60. The second-order valence-electron chi connectivity index (χ2n) is 5.22. The van der Waals surface area contributed by atoms with Gasteiger partial charge >= 0.3 is 0 Å². The number of nitrogen functional groups attached to an aromatic ring is 1. The molecule has 106 valence electrons. The zero-order valence-electron chi connectivity index (χ0n) is 12.1. The van der Waals surface area contributed by atoms with E-state index in [9.17, 15) is 0 Å². The van der Waals surface area contributed by atoms with Gasteiger partial charge in [-0.2, -0.15) is 4.98 Å². The summed E-state index contributed by atoms with van der Waals surface area (Å²) in [6.45, 7) is 8.04. The molecule has 1 atom stereocenters. The van der Waals surface area contributed by atoms with Gasteiger partial charge in [0.05, 0.1) is 12.3 Å². The van der Waals surface area contributed by atoms with Gasteiger partial charge in [-0.15, -0.1) is 0 Å². The molecule has 0 bridgehead atoms. The van der Waals surface area contributed by atoms with Crippen LogP contribution in [0.3, 0.4) is 0 Å². The van der Waals surface area contributed by atoms with E-state index in [0.29, 0.717) is 24.2 Å². The smallest absolute Gasteiger partial charge is 0.239 e. The third-order valence-corrected chi connectivity index (χ3v) is 3.44. The number of pyridine rings is 1. The third kappa shape index (κ3) is 3.29. The van der Waals surface area contributed by atoms with E-state index in [2.05, 4.69) is 35.7 Å². The lowest BCUT2D eigenvalue weighted by Gasteiger charge is -2.39. The van der Waals surface area contributed by atoms with Crippen molar-refractivity contribution in [1.29, 1.82) is 0 Å². The van der Waals surface area contributed by atoms with Crippen molar-refractivity contribution in [3.05, 3.63) is 12.1 Å². The lowest BCUT2D eigenvalue weighted by atomic mass is 10.2. The quantitative estimate of drug-likeness (QED) is 0.895. The van der Waals surface area contributed by atoms with Gasteiger partial charge in [-0.05, 0) is 32.5 Å². The molecule has 1 aliphatic rings. The normalized spacial score (nSPS) is 20.6. The monoisotopic (exact) mass is 264 g/mol. The largest absolute Gasteiger partial charge is 0.476 e. The van der Waals surface area contributed by atoms with E-state index in [1.807, 2.05) is 12.1 Å². The molecule has 2 heterocycles. The predicted octanol–water partition coefficient (Wildman–Crippen LogP) is 1.59. The molecule has 2 rings (SSSR count). The van der Waals surface area contributed by atoms with Gasteiger partial charge in [-0.25, -0.2) is 0 Å². The molecule has 0 amide bonds. The van der Waals surface area contributed by atoms with Crippen LogP contribution in [-0.2, 0) is 0 Å². The highest BCUT2D eigenvalue weighted by molar-refractivity contribution is 5.55. The van der Waals surface area contributed by atoms with E-state index in [1.165, 1.54) is 0 Å². The Kier molecular flexibility index (Phi) is 4.47. The second kappa shape index (κ2) is 6.10. The number of likely N-dealkylation sites (N-methyl/N-ethyl adjacent to an activating group) is 1.